The number of benzene rings is 2. The molecule has 0 atom stereocenters. The zero-order valence-electron chi connectivity index (χ0n) is 16.0. The summed E-state index contributed by atoms with van der Waals surface area (Å²) in [6, 6.07) is 20.1. The maximum atomic E-state index is 13.8. The molecule has 0 N–H and O–H groups in total. The lowest BCUT2D eigenvalue weighted by Crippen LogP contribution is -2.64. The van der Waals surface area contributed by atoms with Crippen LogP contribution in [0.1, 0.15) is 56.5 Å². The average Bonchev–Trinajstić information content (AvgIpc) is 2.60. The lowest BCUT2D eigenvalue weighted by molar-refractivity contribution is -0.0360. The first-order chi connectivity index (χ1) is 11.7. The van der Waals surface area contributed by atoms with Gasteiger partial charge in [0, 0.05) is 16.6 Å². The van der Waals surface area contributed by atoms with Crippen LogP contribution >= 0.6 is 0 Å². The van der Waals surface area contributed by atoms with E-state index < -0.39 is 5.41 Å². The summed E-state index contributed by atoms with van der Waals surface area (Å²) in [5, 5.41) is 0. The summed E-state index contributed by atoms with van der Waals surface area (Å²) >= 11 is 0. The van der Waals surface area contributed by atoms with Crippen molar-refractivity contribution < 1.29 is 4.79 Å². The Bertz CT molecular complexity index is 728. The smallest absolute Gasteiger partial charge is 0.173 e. The number of piperidine rings is 1. The van der Waals surface area contributed by atoms with Crippen LogP contribution in [0, 0.1) is 0 Å². The fraction of sp³-hybridized carbons (Fsp3) is 0.435. The van der Waals surface area contributed by atoms with Gasteiger partial charge in [-0.3, -0.25) is 9.69 Å². The van der Waals surface area contributed by atoms with Crippen molar-refractivity contribution in [1.82, 2.24) is 4.90 Å². The van der Waals surface area contributed by atoms with E-state index in [4.69, 9.17) is 0 Å². The highest BCUT2D eigenvalue weighted by molar-refractivity contribution is 6.04. The van der Waals surface area contributed by atoms with Gasteiger partial charge in [0.25, 0.3) is 0 Å². The fourth-order valence-electron chi connectivity index (χ4n) is 4.71. The maximum Gasteiger partial charge on any atom is 0.173 e. The Morgan fingerprint density at radius 3 is 1.72 bits per heavy atom. The Balaban J connectivity index is 2.19. The molecule has 0 spiro atoms. The van der Waals surface area contributed by atoms with Gasteiger partial charge in [-0.15, -0.1) is 0 Å². The predicted octanol–water partition coefficient (Wildman–Crippen LogP) is 5.09. The number of carbonyl (C=O) groups excluding carboxylic acids is 1. The van der Waals surface area contributed by atoms with E-state index >= 15 is 0 Å². The molecule has 3 rings (SSSR count). The van der Waals surface area contributed by atoms with Crippen LogP contribution in [0.3, 0.4) is 0 Å². The first-order valence-corrected chi connectivity index (χ1v) is 9.08. The van der Waals surface area contributed by atoms with Crippen molar-refractivity contribution in [2.75, 3.05) is 7.05 Å². The molecule has 1 saturated heterocycles. The number of ketones is 1. The summed E-state index contributed by atoms with van der Waals surface area (Å²) in [4.78, 5) is 16.2. The molecular formula is C23H29NO. The number of nitrogens with zero attached hydrogens (tertiary/aromatic N) is 1. The SMILES string of the molecule is CN1C(C)(C)CC(C(=O)c2ccccc2)(c2ccccc2)CC1(C)C. The van der Waals surface area contributed by atoms with E-state index in [0.29, 0.717) is 0 Å². The number of hydrogen-bond donors (Lipinski definition) is 0. The third-order valence-electron chi connectivity index (χ3n) is 6.08. The predicted molar refractivity (Wildman–Crippen MR) is 104 cm³/mol. The Morgan fingerprint density at radius 2 is 1.24 bits per heavy atom. The number of carbonyl (C=O) groups is 1. The van der Waals surface area contributed by atoms with Crippen molar-refractivity contribution in [3.8, 4) is 0 Å². The van der Waals surface area contributed by atoms with Gasteiger partial charge in [-0.1, -0.05) is 60.7 Å². The standard InChI is InChI=1S/C23H29NO/c1-21(2)16-23(17-22(3,4)24(21)5,19-14-10-7-11-15-19)20(25)18-12-8-6-9-13-18/h6-15H,16-17H2,1-5H3. The van der Waals surface area contributed by atoms with Crippen molar-refractivity contribution in [2.24, 2.45) is 0 Å². The third kappa shape index (κ3) is 3.04. The molecule has 1 aliphatic rings. The van der Waals surface area contributed by atoms with Crippen LogP contribution in [-0.2, 0) is 5.41 Å². The van der Waals surface area contributed by atoms with E-state index in [1.54, 1.807) is 0 Å². The van der Waals surface area contributed by atoms with E-state index in [2.05, 4.69) is 51.8 Å². The van der Waals surface area contributed by atoms with E-state index in [0.717, 1.165) is 24.0 Å². The summed E-state index contributed by atoms with van der Waals surface area (Å²) in [6.07, 6.45) is 1.63. The molecule has 2 nitrogen and oxygen atoms in total. The lowest BCUT2D eigenvalue weighted by atomic mass is 9.58. The zero-order valence-corrected chi connectivity index (χ0v) is 16.0. The molecule has 2 aromatic carbocycles. The van der Waals surface area contributed by atoms with Crippen LogP contribution in [-0.4, -0.2) is 28.8 Å². The molecule has 25 heavy (non-hydrogen) atoms. The second kappa shape index (κ2) is 6.10. The van der Waals surface area contributed by atoms with Crippen LogP contribution < -0.4 is 0 Å². The lowest BCUT2D eigenvalue weighted by Gasteiger charge is -2.58. The summed E-state index contributed by atoms with van der Waals surface area (Å²) in [5.41, 5.74) is 1.31. The molecule has 0 radical (unpaired) electrons. The van der Waals surface area contributed by atoms with Crippen molar-refractivity contribution in [1.29, 1.82) is 0 Å². The highest BCUT2D eigenvalue weighted by Gasteiger charge is 2.54. The van der Waals surface area contributed by atoms with E-state index in [1.165, 1.54) is 0 Å². The zero-order chi connectivity index (χ0) is 18.3. The van der Waals surface area contributed by atoms with Crippen LogP contribution in [0.25, 0.3) is 0 Å². The van der Waals surface area contributed by atoms with E-state index in [9.17, 15) is 4.79 Å². The van der Waals surface area contributed by atoms with Gasteiger partial charge in [0.2, 0.25) is 0 Å². The first kappa shape index (κ1) is 17.9. The summed E-state index contributed by atoms with van der Waals surface area (Å²) in [5.74, 6) is 0.244. The fourth-order valence-corrected chi connectivity index (χ4v) is 4.71. The molecule has 0 unspecified atom stereocenters. The van der Waals surface area contributed by atoms with Gasteiger partial charge >= 0.3 is 0 Å². The highest BCUT2D eigenvalue weighted by Crippen LogP contribution is 2.50. The van der Waals surface area contributed by atoms with Crippen molar-refractivity contribution >= 4 is 5.78 Å². The molecule has 1 aliphatic heterocycles. The minimum atomic E-state index is -0.498. The molecule has 1 heterocycles. The summed E-state index contributed by atoms with van der Waals surface area (Å²) in [7, 11) is 2.18. The summed E-state index contributed by atoms with van der Waals surface area (Å²) in [6.45, 7) is 9.02. The van der Waals surface area contributed by atoms with E-state index in [1.807, 2.05) is 48.5 Å². The third-order valence-corrected chi connectivity index (χ3v) is 6.08. The minimum Gasteiger partial charge on any atom is -0.296 e. The van der Waals surface area contributed by atoms with Gasteiger partial charge in [0.1, 0.15) is 0 Å². The molecule has 0 bridgehead atoms. The van der Waals surface area contributed by atoms with Gasteiger partial charge in [-0.25, -0.2) is 0 Å². The molecule has 2 heteroatoms. The Kier molecular flexibility index (Phi) is 4.36. The van der Waals surface area contributed by atoms with Gasteiger partial charge in [0.05, 0.1) is 5.41 Å². The highest BCUT2D eigenvalue weighted by atomic mass is 16.1. The average molecular weight is 335 g/mol. The molecular weight excluding hydrogens is 306 g/mol. The molecule has 0 aliphatic carbocycles. The topological polar surface area (TPSA) is 20.3 Å². The molecule has 2 aromatic rings. The Hall–Kier alpha value is -1.93. The molecule has 0 saturated carbocycles. The van der Waals surface area contributed by atoms with Gasteiger partial charge in [-0.2, -0.15) is 0 Å². The monoisotopic (exact) mass is 335 g/mol. The van der Waals surface area contributed by atoms with Crippen LogP contribution in [0.5, 0.6) is 0 Å². The van der Waals surface area contributed by atoms with Crippen LogP contribution in [0.2, 0.25) is 0 Å². The van der Waals surface area contributed by atoms with Crippen molar-refractivity contribution in [2.45, 2.75) is 57.0 Å². The quantitative estimate of drug-likeness (QED) is 0.728. The van der Waals surface area contributed by atoms with Gasteiger partial charge in [-0.05, 0) is 53.1 Å². The number of hydrogen-bond acceptors (Lipinski definition) is 2. The van der Waals surface area contributed by atoms with Crippen molar-refractivity contribution in [3.05, 3.63) is 71.8 Å². The van der Waals surface area contributed by atoms with E-state index in [-0.39, 0.29) is 16.9 Å². The normalized spacial score (nSPS) is 21.6. The van der Waals surface area contributed by atoms with Gasteiger partial charge in [0.15, 0.2) is 5.78 Å². The second-order valence-corrected chi connectivity index (χ2v) is 8.68. The summed E-state index contributed by atoms with van der Waals surface area (Å²) < 4.78 is 0. The Morgan fingerprint density at radius 1 is 0.800 bits per heavy atom. The van der Waals surface area contributed by atoms with Crippen LogP contribution in [0.4, 0.5) is 0 Å². The largest absolute Gasteiger partial charge is 0.296 e. The maximum absolute atomic E-state index is 13.8. The number of Topliss-reactive ketones (excluding diaryl/α,β-unsaturated/α-hetero) is 1. The second-order valence-electron chi connectivity index (χ2n) is 8.68. The first-order valence-electron chi connectivity index (χ1n) is 9.08. The molecule has 1 fully saturated rings. The number of likely N-dealkylation sites (tertiary alicyclic amines) is 1. The van der Waals surface area contributed by atoms with Crippen molar-refractivity contribution in [3.63, 3.8) is 0 Å². The molecule has 0 aromatic heterocycles. The number of rotatable bonds is 3. The molecule has 132 valence electrons. The minimum absolute atomic E-state index is 0.0674. The van der Waals surface area contributed by atoms with Gasteiger partial charge < -0.3 is 0 Å². The Labute approximate surface area is 151 Å². The molecule has 0 amide bonds. The van der Waals surface area contributed by atoms with Crippen LogP contribution in [0.15, 0.2) is 60.7 Å².